The van der Waals surface area contributed by atoms with Gasteiger partial charge in [-0.3, -0.25) is 4.79 Å². The maximum absolute atomic E-state index is 12.3. The molecule has 0 aliphatic carbocycles. The Kier molecular flexibility index (Phi) is 3.99. The number of ether oxygens (including phenoxy) is 1. The molecule has 0 amide bonds. The molecular formula is C16H13ClO2S. The summed E-state index contributed by atoms with van der Waals surface area (Å²) in [6.45, 7) is 0. The lowest BCUT2D eigenvalue weighted by Crippen LogP contribution is -2.33. The lowest BCUT2D eigenvalue weighted by Gasteiger charge is -2.24. The highest BCUT2D eigenvalue weighted by atomic mass is 35.5. The molecule has 0 aromatic heterocycles. The van der Waals surface area contributed by atoms with Gasteiger partial charge >= 0.3 is 0 Å². The average Bonchev–Trinajstić information content (AvgIpc) is 2.47. The first-order chi connectivity index (χ1) is 9.72. The molecule has 1 aliphatic rings. The predicted octanol–water partition coefficient (Wildman–Crippen LogP) is 4.00. The van der Waals surface area contributed by atoms with Gasteiger partial charge in [0.05, 0.1) is 0 Å². The molecule has 0 radical (unpaired) electrons. The van der Waals surface area contributed by atoms with Gasteiger partial charge in [-0.05, 0) is 29.8 Å². The minimum atomic E-state index is -0.381. The molecule has 0 bridgehead atoms. The van der Waals surface area contributed by atoms with Gasteiger partial charge in [0.2, 0.25) is 0 Å². The lowest BCUT2D eigenvalue weighted by molar-refractivity contribution is -0.124. The average molecular weight is 305 g/mol. The SMILES string of the molecule is O=C(Cc1cccc(Cl)c1)C1CSc2ccccc2O1. The summed E-state index contributed by atoms with van der Waals surface area (Å²) in [6, 6.07) is 15.2. The number of halogens is 1. The Morgan fingerprint density at radius 3 is 2.95 bits per heavy atom. The lowest BCUT2D eigenvalue weighted by atomic mass is 10.1. The first-order valence-corrected chi connectivity index (χ1v) is 7.74. The third-order valence-electron chi connectivity index (χ3n) is 3.14. The Bertz CT molecular complexity index is 642. The molecule has 3 rings (SSSR count). The van der Waals surface area contributed by atoms with Crippen LogP contribution < -0.4 is 4.74 Å². The molecule has 1 atom stereocenters. The van der Waals surface area contributed by atoms with Crippen LogP contribution >= 0.6 is 23.4 Å². The van der Waals surface area contributed by atoms with Crippen molar-refractivity contribution in [1.82, 2.24) is 0 Å². The van der Waals surface area contributed by atoms with Crippen LogP contribution in [0, 0.1) is 0 Å². The van der Waals surface area contributed by atoms with E-state index in [0.29, 0.717) is 17.2 Å². The number of carbonyl (C=O) groups excluding carboxylic acids is 1. The van der Waals surface area contributed by atoms with Gasteiger partial charge in [0.1, 0.15) is 5.75 Å². The minimum Gasteiger partial charge on any atom is -0.481 e. The molecule has 1 heterocycles. The van der Waals surface area contributed by atoms with Crippen molar-refractivity contribution in [2.45, 2.75) is 17.4 Å². The normalized spacial score (nSPS) is 17.1. The van der Waals surface area contributed by atoms with E-state index in [4.69, 9.17) is 16.3 Å². The van der Waals surface area contributed by atoms with Crippen LogP contribution in [-0.4, -0.2) is 17.6 Å². The van der Waals surface area contributed by atoms with Gasteiger partial charge in [-0.2, -0.15) is 0 Å². The van der Waals surface area contributed by atoms with E-state index in [-0.39, 0.29) is 11.9 Å². The van der Waals surface area contributed by atoms with Crippen molar-refractivity contribution in [1.29, 1.82) is 0 Å². The molecule has 4 heteroatoms. The van der Waals surface area contributed by atoms with Gasteiger partial charge in [0, 0.05) is 22.1 Å². The second kappa shape index (κ2) is 5.90. The molecule has 1 unspecified atom stereocenters. The fraction of sp³-hybridized carbons (Fsp3) is 0.188. The number of hydrogen-bond donors (Lipinski definition) is 0. The number of para-hydroxylation sites is 1. The highest BCUT2D eigenvalue weighted by molar-refractivity contribution is 7.99. The van der Waals surface area contributed by atoms with Gasteiger partial charge in [0.15, 0.2) is 11.9 Å². The van der Waals surface area contributed by atoms with E-state index < -0.39 is 0 Å². The summed E-state index contributed by atoms with van der Waals surface area (Å²) in [5.74, 6) is 1.55. The third kappa shape index (κ3) is 3.00. The second-order valence-corrected chi connectivity index (χ2v) is 6.14. The Morgan fingerprint density at radius 2 is 2.10 bits per heavy atom. The van der Waals surface area contributed by atoms with Crippen molar-refractivity contribution in [2.24, 2.45) is 0 Å². The summed E-state index contributed by atoms with van der Waals surface area (Å²) in [5, 5.41) is 0.652. The number of rotatable bonds is 3. The number of carbonyl (C=O) groups is 1. The van der Waals surface area contributed by atoms with Gasteiger partial charge in [-0.25, -0.2) is 0 Å². The molecule has 2 aromatic rings. The molecule has 20 heavy (non-hydrogen) atoms. The first kappa shape index (κ1) is 13.5. The van der Waals surface area contributed by atoms with Crippen LogP contribution in [0.15, 0.2) is 53.4 Å². The van der Waals surface area contributed by atoms with E-state index >= 15 is 0 Å². The summed E-state index contributed by atoms with van der Waals surface area (Å²) < 4.78 is 5.79. The molecule has 2 nitrogen and oxygen atoms in total. The number of hydrogen-bond acceptors (Lipinski definition) is 3. The van der Waals surface area contributed by atoms with Gasteiger partial charge < -0.3 is 4.74 Å². The van der Waals surface area contributed by atoms with Crippen LogP contribution in [0.1, 0.15) is 5.56 Å². The molecule has 0 saturated heterocycles. The number of ketones is 1. The molecule has 102 valence electrons. The monoisotopic (exact) mass is 304 g/mol. The van der Waals surface area contributed by atoms with Crippen molar-refractivity contribution in [3.05, 3.63) is 59.1 Å². The first-order valence-electron chi connectivity index (χ1n) is 6.38. The van der Waals surface area contributed by atoms with E-state index in [1.54, 1.807) is 17.8 Å². The largest absolute Gasteiger partial charge is 0.481 e. The summed E-state index contributed by atoms with van der Waals surface area (Å²) in [6.07, 6.45) is -0.0256. The zero-order valence-corrected chi connectivity index (χ0v) is 12.3. The summed E-state index contributed by atoms with van der Waals surface area (Å²) in [5.41, 5.74) is 0.926. The molecule has 0 spiro atoms. The topological polar surface area (TPSA) is 26.3 Å². The molecular weight excluding hydrogens is 292 g/mol. The van der Waals surface area contributed by atoms with E-state index in [2.05, 4.69) is 0 Å². The fourth-order valence-corrected chi connectivity index (χ4v) is 3.37. The van der Waals surface area contributed by atoms with Crippen molar-refractivity contribution in [3.8, 4) is 5.75 Å². The maximum atomic E-state index is 12.3. The standard InChI is InChI=1S/C16H13ClO2S/c17-12-5-3-4-11(8-12)9-13(18)15-10-20-16-7-2-1-6-14(16)19-15/h1-8,15H,9-10H2. The van der Waals surface area contributed by atoms with Crippen molar-refractivity contribution < 1.29 is 9.53 Å². The van der Waals surface area contributed by atoms with Crippen LogP contribution in [0.2, 0.25) is 5.02 Å². The number of thioether (sulfide) groups is 1. The predicted molar refractivity (Wildman–Crippen MR) is 81.7 cm³/mol. The third-order valence-corrected chi connectivity index (χ3v) is 4.49. The Morgan fingerprint density at radius 1 is 1.25 bits per heavy atom. The fourth-order valence-electron chi connectivity index (χ4n) is 2.14. The Balaban J connectivity index is 1.70. The summed E-state index contributed by atoms with van der Waals surface area (Å²) in [4.78, 5) is 13.4. The smallest absolute Gasteiger partial charge is 0.178 e. The van der Waals surface area contributed by atoms with Gasteiger partial charge in [-0.15, -0.1) is 11.8 Å². The summed E-state index contributed by atoms with van der Waals surface area (Å²) in [7, 11) is 0. The van der Waals surface area contributed by atoms with Gasteiger partial charge in [0.25, 0.3) is 0 Å². The van der Waals surface area contributed by atoms with E-state index in [0.717, 1.165) is 16.2 Å². The number of benzene rings is 2. The zero-order chi connectivity index (χ0) is 13.9. The van der Waals surface area contributed by atoms with Crippen molar-refractivity contribution >= 4 is 29.1 Å². The maximum Gasteiger partial charge on any atom is 0.178 e. The highest BCUT2D eigenvalue weighted by Crippen LogP contribution is 2.35. The quantitative estimate of drug-likeness (QED) is 0.857. The van der Waals surface area contributed by atoms with Crippen LogP contribution in [0.3, 0.4) is 0 Å². The Hall–Kier alpha value is -1.45. The summed E-state index contributed by atoms with van der Waals surface area (Å²) >= 11 is 7.60. The number of Topliss-reactive ketones (excluding diaryl/α,β-unsaturated/α-hetero) is 1. The number of fused-ring (bicyclic) bond motifs is 1. The van der Waals surface area contributed by atoms with E-state index in [1.165, 1.54) is 0 Å². The van der Waals surface area contributed by atoms with Crippen molar-refractivity contribution in [3.63, 3.8) is 0 Å². The van der Waals surface area contributed by atoms with Crippen LogP contribution in [0.5, 0.6) is 5.75 Å². The second-order valence-electron chi connectivity index (χ2n) is 4.64. The van der Waals surface area contributed by atoms with E-state index in [9.17, 15) is 4.79 Å². The zero-order valence-electron chi connectivity index (χ0n) is 10.7. The van der Waals surface area contributed by atoms with Crippen LogP contribution in [0.4, 0.5) is 0 Å². The van der Waals surface area contributed by atoms with Crippen molar-refractivity contribution in [2.75, 3.05) is 5.75 Å². The van der Waals surface area contributed by atoms with Crippen LogP contribution in [0.25, 0.3) is 0 Å². The molecule has 0 saturated carbocycles. The highest BCUT2D eigenvalue weighted by Gasteiger charge is 2.26. The minimum absolute atomic E-state index is 0.0919. The molecule has 0 fully saturated rings. The van der Waals surface area contributed by atoms with Crippen LogP contribution in [-0.2, 0) is 11.2 Å². The Labute approximate surface area is 127 Å². The molecule has 2 aromatic carbocycles. The van der Waals surface area contributed by atoms with E-state index in [1.807, 2.05) is 42.5 Å². The molecule has 1 aliphatic heterocycles. The van der Waals surface area contributed by atoms with Gasteiger partial charge in [-0.1, -0.05) is 35.9 Å². The molecule has 0 N–H and O–H groups in total.